The van der Waals surface area contributed by atoms with Crippen molar-refractivity contribution < 1.29 is 19.4 Å². The van der Waals surface area contributed by atoms with Gasteiger partial charge in [-0.2, -0.15) is 10.2 Å². The van der Waals surface area contributed by atoms with Crippen LogP contribution in [-0.4, -0.2) is 47.0 Å². The maximum atomic E-state index is 12.9. The third-order valence-corrected chi connectivity index (χ3v) is 7.02. The molecule has 1 saturated heterocycles. The standard InChI is InChI=1S/C30H29N5O4/c1-38-26-17-25-24(16-23(26)19-31)27(36)34-28(33-25)35-14-12-30(13-15-35,18-21-8-4-2-5-9-21)39-29(37)32-20-22-10-6-3-7-11-22/h2-11,16-17H,12-15,18,20H2,1H3,(H,32,37)(H,33,34,36). The third kappa shape index (κ3) is 5.85. The fourth-order valence-corrected chi connectivity index (χ4v) is 4.93. The molecule has 0 radical (unpaired) electrons. The maximum absolute atomic E-state index is 12.9. The Bertz CT molecular complexity index is 1500. The first-order valence-corrected chi connectivity index (χ1v) is 12.8. The lowest BCUT2D eigenvalue weighted by molar-refractivity contribution is -0.00745. The van der Waals surface area contributed by atoms with Gasteiger partial charge in [0.05, 0.1) is 23.6 Å². The SMILES string of the molecule is COc1cc2nc(N3CCC(Cc4ccccc4)(OC(=O)NCc4ccccc4)CC3)nc(O)c2cc1C#N. The van der Waals surface area contributed by atoms with Crippen LogP contribution in [0.25, 0.3) is 10.9 Å². The average Bonchev–Trinajstić information content (AvgIpc) is 2.97. The molecule has 39 heavy (non-hydrogen) atoms. The molecule has 1 amide bonds. The summed E-state index contributed by atoms with van der Waals surface area (Å²) < 4.78 is 11.4. The van der Waals surface area contributed by atoms with Gasteiger partial charge in [-0.1, -0.05) is 60.7 Å². The molecule has 2 heterocycles. The molecule has 0 bridgehead atoms. The Morgan fingerprint density at radius 1 is 1.05 bits per heavy atom. The van der Waals surface area contributed by atoms with Crippen LogP contribution < -0.4 is 15.0 Å². The number of piperidine rings is 1. The number of hydrogen-bond acceptors (Lipinski definition) is 8. The number of nitrogens with one attached hydrogen (secondary N) is 1. The van der Waals surface area contributed by atoms with Gasteiger partial charge < -0.3 is 24.8 Å². The van der Waals surface area contributed by atoms with Gasteiger partial charge in [-0.3, -0.25) is 0 Å². The fraction of sp³-hybridized carbons (Fsp3) is 0.267. The normalized spacial score (nSPS) is 14.4. The van der Waals surface area contributed by atoms with E-state index < -0.39 is 11.7 Å². The monoisotopic (exact) mass is 523 g/mol. The Morgan fingerprint density at radius 3 is 2.36 bits per heavy atom. The first kappa shape index (κ1) is 25.8. The van der Waals surface area contributed by atoms with Gasteiger partial charge in [0.1, 0.15) is 17.4 Å². The zero-order valence-electron chi connectivity index (χ0n) is 21.6. The van der Waals surface area contributed by atoms with Crippen molar-refractivity contribution in [1.82, 2.24) is 15.3 Å². The number of fused-ring (bicyclic) bond motifs is 1. The summed E-state index contributed by atoms with van der Waals surface area (Å²) >= 11 is 0. The summed E-state index contributed by atoms with van der Waals surface area (Å²) in [5.74, 6) is 0.546. The molecule has 2 N–H and O–H groups in total. The number of ether oxygens (including phenoxy) is 2. The number of aromatic nitrogens is 2. The number of carbonyl (C=O) groups is 1. The summed E-state index contributed by atoms with van der Waals surface area (Å²) in [5.41, 5.74) is 2.14. The second-order valence-electron chi connectivity index (χ2n) is 9.59. The van der Waals surface area contributed by atoms with E-state index in [1.807, 2.05) is 65.6 Å². The van der Waals surface area contributed by atoms with E-state index >= 15 is 0 Å². The van der Waals surface area contributed by atoms with Crippen LogP contribution >= 0.6 is 0 Å². The van der Waals surface area contributed by atoms with Gasteiger partial charge in [0.15, 0.2) is 0 Å². The Morgan fingerprint density at radius 2 is 1.72 bits per heavy atom. The number of hydrogen-bond donors (Lipinski definition) is 2. The summed E-state index contributed by atoms with van der Waals surface area (Å²) in [5, 5.41) is 23.3. The Kier molecular flexibility index (Phi) is 7.46. The molecule has 0 aliphatic carbocycles. The number of benzene rings is 3. The molecule has 198 valence electrons. The molecular weight excluding hydrogens is 494 g/mol. The number of aromatic hydroxyl groups is 1. The smallest absolute Gasteiger partial charge is 0.407 e. The van der Waals surface area contributed by atoms with Crippen LogP contribution in [-0.2, 0) is 17.7 Å². The van der Waals surface area contributed by atoms with Gasteiger partial charge in [-0.05, 0) is 17.2 Å². The van der Waals surface area contributed by atoms with Crippen molar-refractivity contribution in [1.29, 1.82) is 5.26 Å². The van der Waals surface area contributed by atoms with Crippen LogP contribution in [0, 0.1) is 11.3 Å². The highest BCUT2D eigenvalue weighted by Gasteiger charge is 2.39. The van der Waals surface area contributed by atoms with Crippen molar-refractivity contribution in [3.05, 3.63) is 89.5 Å². The molecule has 9 nitrogen and oxygen atoms in total. The van der Waals surface area contributed by atoms with Crippen molar-refractivity contribution in [2.45, 2.75) is 31.4 Å². The number of amides is 1. The zero-order valence-corrected chi connectivity index (χ0v) is 21.6. The molecule has 0 atom stereocenters. The number of carbonyl (C=O) groups excluding carboxylic acids is 1. The number of methoxy groups -OCH3 is 1. The van der Waals surface area contributed by atoms with E-state index in [-0.39, 0.29) is 5.88 Å². The molecular formula is C30H29N5O4. The first-order chi connectivity index (χ1) is 19.0. The second kappa shape index (κ2) is 11.3. The minimum atomic E-state index is -0.706. The van der Waals surface area contributed by atoms with Crippen LogP contribution in [0.5, 0.6) is 11.6 Å². The van der Waals surface area contributed by atoms with Crippen molar-refractivity contribution in [2.24, 2.45) is 0 Å². The maximum Gasteiger partial charge on any atom is 0.407 e. The third-order valence-electron chi connectivity index (χ3n) is 7.02. The topological polar surface area (TPSA) is 121 Å². The summed E-state index contributed by atoms with van der Waals surface area (Å²) in [7, 11) is 1.48. The van der Waals surface area contributed by atoms with E-state index in [9.17, 15) is 15.2 Å². The van der Waals surface area contributed by atoms with E-state index in [4.69, 9.17) is 9.47 Å². The van der Waals surface area contributed by atoms with Gasteiger partial charge in [0, 0.05) is 45.0 Å². The van der Waals surface area contributed by atoms with Gasteiger partial charge in [-0.15, -0.1) is 0 Å². The molecule has 1 aromatic heterocycles. The zero-order chi connectivity index (χ0) is 27.2. The number of alkyl carbamates (subject to hydrolysis) is 1. The Balaban J connectivity index is 1.34. The molecule has 1 aliphatic heterocycles. The Hall–Kier alpha value is -4.84. The minimum Gasteiger partial charge on any atom is -0.495 e. The highest BCUT2D eigenvalue weighted by Crippen LogP contribution is 2.35. The lowest BCUT2D eigenvalue weighted by Crippen LogP contribution is -2.50. The molecule has 1 fully saturated rings. The summed E-state index contributed by atoms with van der Waals surface area (Å²) in [6.07, 6.45) is 1.24. The molecule has 4 aromatic rings. The molecule has 0 saturated carbocycles. The van der Waals surface area contributed by atoms with Gasteiger partial charge in [0.2, 0.25) is 11.8 Å². The average molecular weight is 524 g/mol. The number of anilines is 1. The fourth-order valence-electron chi connectivity index (χ4n) is 4.93. The van der Waals surface area contributed by atoms with E-state index in [1.54, 1.807) is 6.07 Å². The molecule has 9 heteroatoms. The van der Waals surface area contributed by atoms with E-state index in [1.165, 1.54) is 13.2 Å². The molecule has 3 aromatic carbocycles. The van der Waals surface area contributed by atoms with E-state index in [0.29, 0.717) is 67.1 Å². The summed E-state index contributed by atoms with van der Waals surface area (Å²) in [6.45, 7) is 1.43. The molecule has 0 spiro atoms. The van der Waals surface area contributed by atoms with Gasteiger partial charge >= 0.3 is 6.09 Å². The van der Waals surface area contributed by atoms with E-state index in [0.717, 1.165) is 11.1 Å². The van der Waals surface area contributed by atoms with Gasteiger partial charge in [0.25, 0.3) is 0 Å². The van der Waals surface area contributed by atoms with Crippen LogP contribution in [0.4, 0.5) is 10.7 Å². The Labute approximate surface area is 226 Å². The van der Waals surface area contributed by atoms with Crippen LogP contribution in [0.3, 0.4) is 0 Å². The predicted octanol–water partition coefficient (Wildman–Crippen LogP) is 4.72. The largest absolute Gasteiger partial charge is 0.495 e. The van der Waals surface area contributed by atoms with Crippen LogP contribution in [0.2, 0.25) is 0 Å². The van der Waals surface area contributed by atoms with Crippen molar-refractivity contribution >= 4 is 22.9 Å². The minimum absolute atomic E-state index is 0.202. The van der Waals surface area contributed by atoms with Crippen LogP contribution in [0.1, 0.15) is 29.5 Å². The number of nitrogens with zero attached hydrogens (tertiary/aromatic N) is 4. The molecule has 5 rings (SSSR count). The molecule has 0 unspecified atom stereocenters. The van der Waals surface area contributed by atoms with Gasteiger partial charge in [-0.25, -0.2) is 9.78 Å². The van der Waals surface area contributed by atoms with E-state index in [2.05, 4.69) is 21.4 Å². The number of nitriles is 1. The van der Waals surface area contributed by atoms with Crippen molar-refractivity contribution in [2.75, 3.05) is 25.1 Å². The predicted molar refractivity (Wildman–Crippen MR) is 147 cm³/mol. The van der Waals surface area contributed by atoms with Crippen molar-refractivity contribution in [3.63, 3.8) is 0 Å². The quantitative estimate of drug-likeness (QED) is 0.357. The first-order valence-electron chi connectivity index (χ1n) is 12.8. The highest BCUT2D eigenvalue weighted by atomic mass is 16.6. The van der Waals surface area contributed by atoms with Crippen LogP contribution in [0.15, 0.2) is 72.8 Å². The number of rotatable bonds is 7. The lowest BCUT2D eigenvalue weighted by Gasteiger charge is -2.41. The highest BCUT2D eigenvalue weighted by molar-refractivity contribution is 5.87. The molecule has 1 aliphatic rings. The van der Waals surface area contributed by atoms with Crippen molar-refractivity contribution in [3.8, 4) is 17.7 Å². The summed E-state index contributed by atoms with van der Waals surface area (Å²) in [6, 6.07) is 24.9. The second-order valence-corrected chi connectivity index (χ2v) is 9.59. The lowest BCUT2D eigenvalue weighted by atomic mass is 9.85. The summed E-state index contributed by atoms with van der Waals surface area (Å²) in [4.78, 5) is 23.8.